The highest BCUT2D eigenvalue weighted by atomic mass is 79.9. The number of benzene rings is 2. The summed E-state index contributed by atoms with van der Waals surface area (Å²) in [6.07, 6.45) is 0. The van der Waals surface area contributed by atoms with Crippen LogP contribution in [0.1, 0.15) is 18.4 Å². The number of nitrogens with zero attached hydrogens (tertiary/aromatic N) is 2. The fourth-order valence-corrected chi connectivity index (χ4v) is 3.54. The summed E-state index contributed by atoms with van der Waals surface area (Å²) < 4.78 is 6.16. The van der Waals surface area contributed by atoms with Crippen LogP contribution in [0.5, 0.6) is 0 Å². The van der Waals surface area contributed by atoms with Gasteiger partial charge in [0.1, 0.15) is 0 Å². The molecule has 1 heterocycles. The van der Waals surface area contributed by atoms with Crippen molar-refractivity contribution in [3.8, 4) is 11.4 Å². The van der Waals surface area contributed by atoms with E-state index in [4.69, 9.17) is 4.52 Å². The second-order valence-corrected chi connectivity index (χ2v) is 8.14. The number of aromatic nitrogens is 2. The molecule has 7 heteroatoms. The second kappa shape index (κ2) is 8.51. The Morgan fingerprint density at radius 2 is 2.04 bits per heavy atom. The van der Waals surface area contributed by atoms with Gasteiger partial charge in [-0.3, -0.25) is 4.79 Å². The van der Waals surface area contributed by atoms with Gasteiger partial charge >= 0.3 is 0 Å². The van der Waals surface area contributed by atoms with Gasteiger partial charge in [0.25, 0.3) is 0 Å². The largest absolute Gasteiger partial charge is 0.346 e. The molecule has 0 aliphatic carbocycles. The first-order valence-corrected chi connectivity index (χ1v) is 9.78. The van der Waals surface area contributed by atoms with Gasteiger partial charge in [-0.15, -0.1) is 11.8 Å². The van der Waals surface area contributed by atoms with Crippen LogP contribution >= 0.6 is 27.7 Å². The molecule has 0 aliphatic rings. The predicted molar refractivity (Wildman–Crippen MR) is 106 cm³/mol. The summed E-state index contributed by atoms with van der Waals surface area (Å²) >= 11 is 4.93. The van der Waals surface area contributed by atoms with Crippen molar-refractivity contribution < 1.29 is 9.32 Å². The molecule has 0 saturated heterocycles. The van der Waals surface area contributed by atoms with Gasteiger partial charge in [-0.1, -0.05) is 50.9 Å². The van der Waals surface area contributed by atoms with Gasteiger partial charge in [-0.25, -0.2) is 0 Å². The van der Waals surface area contributed by atoms with Gasteiger partial charge in [0.05, 0.1) is 11.8 Å². The number of carbonyl (C=O) groups is 1. The number of aryl methyl sites for hydroxylation is 1. The van der Waals surface area contributed by atoms with Crippen molar-refractivity contribution in [1.29, 1.82) is 0 Å². The Morgan fingerprint density at radius 3 is 2.77 bits per heavy atom. The van der Waals surface area contributed by atoms with E-state index in [2.05, 4.69) is 31.4 Å². The Kier molecular flexibility index (Phi) is 6.11. The first-order chi connectivity index (χ1) is 12.5. The molecule has 3 rings (SSSR count). The molecule has 3 aromatic rings. The van der Waals surface area contributed by atoms with Crippen molar-refractivity contribution in [2.24, 2.45) is 0 Å². The lowest BCUT2D eigenvalue weighted by Gasteiger charge is -2.10. The standard InChI is InChI=1S/C19H18BrN3O2S/c1-12-6-8-16(9-7-12)26-13(2)19(24)21-11-17-22-18(23-25-17)14-4-3-5-15(20)10-14/h3-10,13H,11H2,1-2H3,(H,21,24)/t13-/m0/s1. The summed E-state index contributed by atoms with van der Waals surface area (Å²) in [7, 11) is 0. The molecule has 0 radical (unpaired) electrons. The fourth-order valence-electron chi connectivity index (χ4n) is 2.25. The van der Waals surface area contributed by atoms with Crippen molar-refractivity contribution >= 4 is 33.6 Å². The molecule has 1 N–H and O–H groups in total. The third kappa shape index (κ3) is 4.95. The summed E-state index contributed by atoms with van der Waals surface area (Å²) in [5.74, 6) is 0.802. The lowest BCUT2D eigenvalue weighted by atomic mass is 10.2. The van der Waals surface area contributed by atoms with E-state index < -0.39 is 0 Å². The van der Waals surface area contributed by atoms with Gasteiger partial charge in [0.2, 0.25) is 17.6 Å². The number of hydrogen-bond donors (Lipinski definition) is 1. The van der Waals surface area contributed by atoms with Gasteiger partial charge in [0, 0.05) is 14.9 Å². The number of nitrogens with one attached hydrogen (secondary N) is 1. The Labute approximate surface area is 164 Å². The molecule has 5 nitrogen and oxygen atoms in total. The van der Waals surface area contributed by atoms with Gasteiger partial charge in [0.15, 0.2) is 0 Å². The normalized spacial score (nSPS) is 12.0. The molecular formula is C19H18BrN3O2S. The SMILES string of the molecule is Cc1ccc(S[C@@H](C)C(=O)NCc2nc(-c3cccc(Br)c3)no2)cc1. The molecule has 0 aliphatic heterocycles. The van der Waals surface area contributed by atoms with Crippen molar-refractivity contribution in [1.82, 2.24) is 15.5 Å². The van der Waals surface area contributed by atoms with Crippen LogP contribution in [-0.2, 0) is 11.3 Å². The molecule has 0 saturated carbocycles. The molecule has 0 bridgehead atoms. The minimum absolute atomic E-state index is 0.0715. The average molecular weight is 432 g/mol. The molecule has 0 fully saturated rings. The van der Waals surface area contributed by atoms with Crippen LogP contribution in [0.4, 0.5) is 0 Å². The molecule has 1 aromatic heterocycles. The van der Waals surface area contributed by atoms with Crippen LogP contribution in [0.3, 0.4) is 0 Å². The summed E-state index contributed by atoms with van der Waals surface area (Å²) in [4.78, 5) is 17.7. The smallest absolute Gasteiger partial charge is 0.246 e. The van der Waals surface area contributed by atoms with Crippen molar-refractivity contribution in [3.05, 3.63) is 64.5 Å². The quantitative estimate of drug-likeness (QED) is 0.577. The summed E-state index contributed by atoms with van der Waals surface area (Å²) in [5, 5.41) is 6.59. The van der Waals surface area contributed by atoms with Crippen LogP contribution in [0.2, 0.25) is 0 Å². The van der Waals surface area contributed by atoms with E-state index in [1.165, 1.54) is 17.3 Å². The minimum atomic E-state index is -0.217. The van der Waals surface area contributed by atoms with E-state index in [0.717, 1.165) is 14.9 Å². The maximum atomic E-state index is 12.3. The topological polar surface area (TPSA) is 68.0 Å². The number of rotatable bonds is 6. The first-order valence-electron chi connectivity index (χ1n) is 8.11. The van der Waals surface area contributed by atoms with Crippen LogP contribution in [0, 0.1) is 6.92 Å². The Hall–Kier alpha value is -2.12. The zero-order chi connectivity index (χ0) is 18.5. The molecule has 1 amide bonds. The van der Waals surface area contributed by atoms with Crippen molar-refractivity contribution in [3.63, 3.8) is 0 Å². The lowest BCUT2D eigenvalue weighted by Crippen LogP contribution is -2.30. The average Bonchev–Trinajstić information content (AvgIpc) is 3.10. The Balaban J connectivity index is 1.55. The summed E-state index contributed by atoms with van der Waals surface area (Å²) in [6.45, 7) is 4.12. The first kappa shape index (κ1) is 18.7. The zero-order valence-electron chi connectivity index (χ0n) is 14.4. The van der Waals surface area contributed by atoms with Gasteiger partial charge in [-0.2, -0.15) is 4.98 Å². The monoisotopic (exact) mass is 431 g/mol. The minimum Gasteiger partial charge on any atom is -0.346 e. The number of hydrogen-bond acceptors (Lipinski definition) is 5. The molecular weight excluding hydrogens is 414 g/mol. The zero-order valence-corrected chi connectivity index (χ0v) is 16.8. The van der Waals surface area contributed by atoms with E-state index in [1.54, 1.807) is 0 Å². The van der Waals surface area contributed by atoms with E-state index >= 15 is 0 Å². The molecule has 0 spiro atoms. The highest BCUT2D eigenvalue weighted by Crippen LogP contribution is 2.24. The summed E-state index contributed by atoms with van der Waals surface area (Å²) in [5.41, 5.74) is 2.05. The van der Waals surface area contributed by atoms with Crippen molar-refractivity contribution in [2.45, 2.75) is 30.5 Å². The third-order valence-corrected chi connectivity index (χ3v) is 5.27. The van der Waals surface area contributed by atoms with Gasteiger partial charge in [-0.05, 0) is 38.1 Å². The Bertz CT molecular complexity index is 896. The number of amides is 1. The van der Waals surface area contributed by atoms with Crippen LogP contribution in [-0.4, -0.2) is 21.3 Å². The van der Waals surface area contributed by atoms with Crippen LogP contribution in [0.15, 0.2) is 62.4 Å². The maximum Gasteiger partial charge on any atom is 0.246 e. The van der Waals surface area contributed by atoms with Crippen molar-refractivity contribution in [2.75, 3.05) is 0 Å². The van der Waals surface area contributed by atoms with Gasteiger partial charge < -0.3 is 9.84 Å². The van der Waals surface area contributed by atoms with E-state index in [9.17, 15) is 4.79 Å². The molecule has 134 valence electrons. The highest BCUT2D eigenvalue weighted by molar-refractivity contribution is 9.10. The van der Waals surface area contributed by atoms with E-state index in [-0.39, 0.29) is 17.7 Å². The highest BCUT2D eigenvalue weighted by Gasteiger charge is 2.16. The predicted octanol–water partition coefficient (Wildman–Crippen LogP) is 4.60. The van der Waals surface area contributed by atoms with Crippen LogP contribution in [0.25, 0.3) is 11.4 Å². The maximum absolute atomic E-state index is 12.3. The lowest BCUT2D eigenvalue weighted by molar-refractivity contribution is -0.120. The molecule has 1 atom stereocenters. The number of halogens is 1. The molecule has 2 aromatic carbocycles. The second-order valence-electron chi connectivity index (χ2n) is 5.81. The molecule has 0 unspecified atom stereocenters. The fraction of sp³-hybridized carbons (Fsp3) is 0.211. The van der Waals surface area contributed by atoms with E-state index in [0.29, 0.717) is 11.7 Å². The third-order valence-electron chi connectivity index (χ3n) is 3.67. The number of carbonyl (C=O) groups excluding carboxylic acids is 1. The number of thioether (sulfide) groups is 1. The van der Waals surface area contributed by atoms with Crippen LogP contribution < -0.4 is 5.32 Å². The molecule has 26 heavy (non-hydrogen) atoms. The van der Waals surface area contributed by atoms with E-state index in [1.807, 2.05) is 62.4 Å². The Morgan fingerprint density at radius 1 is 1.27 bits per heavy atom. The summed E-state index contributed by atoms with van der Waals surface area (Å²) in [6, 6.07) is 15.8.